The molecule has 7 heteroatoms. The Balaban J connectivity index is 2.94. The van der Waals surface area contributed by atoms with Crippen molar-refractivity contribution in [2.45, 2.75) is 19.1 Å². The molecular formula is C11H11BrFNO4. The van der Waals surface area contributed by atoms with E-state index in [0.29, 0.717) is 4.47 Å². The van der Waals surface area contributed by atoms with Crippen LogP contribution in [0.3, 0.4) is 0 Å². The number of hydrogen-bond donors (Lipinski definition) is 3. The van der Waals surface area contributed by atoms with Crippen molar-refractivity contribution in [2.24, 2.45) is 0 Å². The van der Waals surface area contributed by atoms with Crippen LogP contribution in [0.5, 0.6) is 0 Å². The van der Waals surface area contributed by atoms with Crippen molar-refractivity contribution in [2.75, 3.05) is 0 Å². The number of carboxylic acids is 1. The zero-order valence-electron chi connectivity index (χ0n) is 9.35. The second kappa shape index (κ2) is 5.92. The lowest BCUT2D eigenvalue weighted by molar-refractivity contribution is -0.141. The highest BCUT2D eigenvalue weighted by Gasteiger charge is 2.26. The van der Waals surface area contributed by atoms with Gasteiger partial charge in [0, 0.05) is 4.47 Å². The summed E-state index contributed by atoms with van der Waals surface area (Å²) in [5.74, 6) is -3.07. The van der Waals surface area contributed by atoms with E-state index in [1.807, 2.05) is 0 Å². The Kier molecular flexibility index (Phi) is 4.80. The zero-order valence-corrected chi connectivity index (χ0v) is 10.9. The summed E-state index contributed by atoms with van der Waals surface area (Å²) >= 11 is 3.08. The van der Waals surface area contributed by atoms with E-state index < -0.39 is 29.8 Å². The molecule has 0 spiro atoms. The van der Waals surface area contributed by atoms with Crippen LogP contribution in [0.4, 0.5) is 4.39 Å². The van der Waals surface area contributed by atoms with Gasteiger partial charge in [-0.25, -0.2) is 9.18 Å². The molecule has 0 aliphatic carbocycles. The molecule has 0 fully saturated rings. The third-order valence-electron chi connectivity index (χ3n) is 2.21. The van der Waals surface area contributed by atoms with Crippen molar-refractivity contribution in [3.8, 4) is 0 Å². The van der Waals surface area contributed by atoms with Crippen LogP contribution in [0, 0.1) is 5.82 Å². The molecule has 18 heavy (non-hydrogen) atoms. The fraction of sp³-hybridized carbons (Fsp3) is 0.273. The van der Waals surface area contributed by atoms with Crippen LogP contribution in [0.1, 0.15) is 17.3 Å². The molecule has 0 heterocycles. The van der Waals surface area contributed by atoms with Gasteiger partial charge in [0.1, 0.15) is 5.82 Å². The van der Waals surface area contributed by atoms with E-state index in [0.717, 1.165) is 6.07 Å². The number of carbonyl (C=O) groups is 2. The van der Waals surface area contributed by atoms with Crippen LogP contribution in [-0.4, -0.2) is 34.2 Å². The number of hydrogen-bond acceptors (Lipinski definition) is 3. The van der Waals surface area contributed by atoms with E-state index in [4.69, 9.17) is 5.11 Å². The van der Waals surface area contributed by atoms with Crippen molar-refractivity contribution in [3.05, 3.63) is 34.1 Å². The Morgan fingerprint density at radius 2 is 2.06 bits per heavy atom. The number of aliphatic hydroxyl groups is 1. The van der Waals surface area contributed by atoms with Gasteiger partial charge < -0.3 is 15.5 Å². The van der Waals surface area contributed by atoms with Crippen LogP contribution < -0.4 is 5.32 Å². The SMILES string of the molecule is C[C@@H](O)[C@H](NC(=O)c1cc(Br)ccc1F)C(=O)O. The summed E-state index contributed by atoms with van der Waals surface area (Å²) in [6, 6.07) is 2.23. The Labute approximate surface area is 111 Å². The number of aliphatic carboxylic acids is 1. The van der Waals surface area contributed by atoms with Gasteiger partial charge in [0.2, 0.25) is 0 Å². The van der Waals surface area contributed by atoms with Gasteiger partial charge in [-0.2, -0.15) is 0 Å². The Morgan fingerprint density at radius 1 is 1.44 bits per heavy atom. The maximum Gasteiger partial charge on any atom is 0.328 e. The summed E-state index contributed by atoms with van der Waals surface area (Å²) in [6.07, 6.45) is -1.29. The summed E-state index contributed by atoms with van der Waals surface area (Å²) < 4.78 is 13.9. The van der Waals surface area contributed by atoms with E-state index in [1.54, 1.807) is 0 Å². The lowest BCUT2D eigenvalue weighted by atomic mass is 10.1. The zero-order chi connectivity index (χ0) is 13.9. The molecule has 0 unspecified atom stereocenters. The quantitative estimate of drug-likeness (QED) is 0.777. The van der Waals surface area contributed by atoms with Gasteiger partial charge in [0.15, 0.2) is 6.04 Å². The summed E-state index contributed by atoms with van der Waals surface area (Å²) in [5, 5.41) is 20.0. The van der Waals surface area contributed by atoms with Crippen LogP contribution in [-0.2, 0) is 4.79 Å². The summed E-state index contributed by atoms with van der Waals surface area (Å²) in [6.45, 7) is 1.22. The fourth-order valence-corrected chi connectivity index (χ4v) is 1.64. The molecule has 1 rings (SSSR count). The van der Waals surface area contributed by atoms with E-state index in [-0.39, 0.29) is 5.56 Å². The third-order valence-corrected chi connectivity index (χ3v) is 2.70. The van der Waals surface area contributed by atoms with Gasteiger partial charge in [0.05, 0.1) is 11.7 Å². The Bertz CT molecular complexity index is 478. The molecule has 1 amide bonds. The largest absolute Gasteiger partial charge is 0.480 e. The number of benzene rings is 1. The molecule has 5 nitrogen and oxygen atoms in total. The minimum atomic E-state index is -1.49. The van der Waals surface area contributed by atoms with Crippen LogP contribution in [0.15, 0.2) is 22.7 Å². The summed E-state index contributed by atoms with van der Waals surface area (Å²) in [7, 11) is 0. The first-order valence-corrected chi connectivity index (χ1v) is 5.79. The maximum absolute atomic E-state index is 13.4. The summed E-state index contributed by atoms with van der Waals surface area (Å²) in [4.78, 5) is 22.5. The molecule has 2 atom stereocenters. The van der Waals surface area contributed by atoms with Gasteiger partial charge in [-0.05, 0) is 25.1 Å². The van der Waals surface area contributed by atoms with E-state index >= 15 is 0 Å². The maximum atomic E-state index is 13.4. The van der Waals surface area contributed by atoms with E-state index in [9.17, 15) is 19.1 Å². The van der Waals surface area contributed by atoms with Gasteiger partial charge >= 0.3 is 5.97 Å². The van der Waals surface area contributed by atoms with Crippen LogP contribution in [0.25, 0.3) is 0 Å². The smallest absolute Gasteiger partial charge is 0.328 e. The minimum absolute atomic E-state index is 0.295. The monoisotopic (exact) mass is 319 g/mol. The molecule has 0 radical (unpaired) electrons. The molecule has 0 saturated heterocycles. The number of nitrogens with one attached hydrogen (secondary N) is 1. The van der Waals surface area contributed by atoms with Crippen molar-refractivity contribution in [1.82, 2.24) is 5.32 Å². The van der Waals surface area contributed by atoms with E-state index in [2.05, 4.69) is 21.2 Å². The molecule has 1 aromatic carbocycles. The standard InChI is InChI=1S/C11H11BrFNO4/c1-5(15)9(11(17)18)14-10(16)7-4-6(12)2-3-8(7)13/h2-5,9,15H,1H3,(H,14,16)(H,17,18)/t5-,9+/m1/s1. The van der Waals surface area contributed by atoms with Gasteiger partial charge in [-0.15, -0.1) is 0 Å². The predicted octanol–water partition coefficient (Wildman–Crippen LogP) is 1.15. The second-order valence-corrected chi connectivity index (χ2v) is 4.57. The number of halogens is 2. The van der Waals surface area contributed by atoms with E-state index in [1.165, 1.54) is 19.1 Å². The third kappa shape index (κ3) is 3.51. The lowest BCUT2D eigenvalue weighted by Gasteiger charge is -2.17. The first-order chi connectivity index (χ1) is 8.32. The van der Waals surface area contributed by atoms with Crippen molar-refractivity contribution in [3.63, 3.8) is 0 Å². The number of rotatable bonds is 4. The van der Waals surface area contributed by atoms with Crippen LogP contribution >= 0.6 is 15.9 Å². The van der Waals surface area contributed by atoms with Gasteiger partial charge in [-0.3, -0.25) is 4.79 Å². The first-order valence-electron chi connectivity index (χ1n) is 4.99. The topological polar surface area (TPSA) is 86.6 Å². The predicted molar refractivity (Wildman–Crippen MR) is 64.7 cm³/mol. The van der Waals surface area contributed by atoms with Gasteiger partial charge in [-0.1, -0.05) is 15.9 Å². The Hall–Kier alpha value is -1.47. The number of aliphatic hydroxyl groups excluding tert-OH is 1. The number of carboxylic acid groups (broad SMARTS) is 1. The molecule has 0 aromatic heterocycles. The number of carbonyl (C=O) groups excluding carboxylic acids is 1. The van der Waals surface area contributed by atoms with Crippen molar-refractivity contribution >= 4 is 27.8 Å². The molecule has 0 bridgehead atoms. The molecule has 3 N–H and O–H groups in total. The van der Waals surface area contributed by atoms with Crippen LogP contribution in [0.2, 0.25) is 0 Å². The minimum Gasteiger partial charge on any atom is -0.480 e. The van der Waals surface area contributed by atoms with Crippen molar-refractivity contribution in [1.29, 1.82) is 0 Å². The fourth-order valence-electron chi connectivity index (χ4n) is 1.28. The van der Waals surface area contributed by atoms with Crippen molar-refractivity contribution < 1.29 is 24.2 Å². The highest BCUT2D eigenvalue weighted by atomic mass is 79.9. The molecule has 0 aliphatic rings. The Morgan fingerprint density at radius 3 is 2.56 bits per heavy atom. The average molecular weight is 320 g/mol. The average Bonchev–Trinajstić information content (AvgIpc) is 2.28. The normalized spacial score (nSPS) is 13.8. The highest BCUT2D eigenvalue weighted by molar-refractivity contribution is 9.10. The molecule has 0 aliphatic heterocycles. The molecule has 0 saturated carbocycles. The number of amides is 1. The highest BCUT2D eigenvalue weighted by Crippen LogP contribution is 2.15. The molecule has 98 valence electrons. The second-order valence-electron chi connectivity index (χ2n) is 3.65. The first kappa shape index (κ1) is 14.6. The summed E-state index contributed by atoms with van der Waals surface area (Å²) in [5.41, 5.74) is -0.295. The lowest BCUT2D eigenvalue weighted by Crippen LogP contribution is -2.47. The molecular weight excluding hydrogens is 309 g/mol. The van der Waals surface area contributed by atoms with Gasteiger partial charge in [0.25, 0.3) is 5.91 Å². The molecule has 1 aromatic rings.